The van der Waals surface area contributed by atoms with Crippen LogP contribution in [0.3, 0.4) is 0 Å². The molecule has 0 aliphatic carbocycles. The van der Waals surface area contributed by atoms with Gasteiger partial charge in [0.25, 0.3) is 0 Å². The molecule has 2 aromatic heterocycles. The third-order valence-electron chi connectivity index (χ3n) is 4.18. The SMILES string of the molecule is Cc1nn(C)c2nc(-c3ccccc3)nc(Cc3ccccc3)c12. The molecule has 4 aromatic rings. The minimum Gasteiger partial charge on any atom is -0.250 e. The van der Waals surface area contributed by atoms with Crippen LogP contribution < -0.4 is 0 Å². The van der Waals surface area contributed by atoms with E-state index < -0.39 is 0 Å². The Kier molecular flexibility index (Phi) is 3.58. The zero-order chi connectivity index (χ0) is 16.5. The molecule has 24 heavy (non-hydrogen) atoms. The maximum Gasteiger partial charge on any atom is 0.162 e. The number of benzene rings is 2. The largest absolute Gasteiger partial charge is 0.250 e. The molecule has 0 unspecified atom stereocenters. The summed E-state index contributed by atoms with van der Waals surface area (Å²) in [6, 6.07) is 20.5. The number of hydrogen-bond acceptors (Lipinski definition) is 3. The number of aryl methyl sites for hydroxylation is 2. The zero-order valence-electron chi connectivity index (χ0n) is 13.8. The van der Waals surface area contributed by atoms with Crippen LogP contribution in [-0.4, -0.2) is 19.7 Å². The van der Waals surface area contributed by atoms with Crippen LogP contribution in [0.4, 0.5) is 0 Å². The summed E-state index contributed by atoms with van der Waals surface area (Å²) in [7, 11) is 1.93. The average molecular weight is 314 g/mol. The van der Waals surface area contributed by atoms with Crippen molar-refractivity contribution in [1.29, 1.82) is 0 Å². The van der Waals surface area contributed by atoms with Crippen LogP contribution in [0.25, 0.3) is 22.4 Å². The number of nitrogens with zero attached hydrogens (tertiary/aromatic N) is 4. The van der Waals surface area contributed by atoms with Crippen LogP contribution in [0.2, 0.25) is 0 Å². The van der Waals surface area contributed by atoms with Crippen molar-refractivity contribution in [3.63, 3.8) is 0 Å². The van der Waals surface area contributed by atoms with Crippen molar-refractivity contribution >= 4 is 11.0 Å². The number of aromatic nitrogens is 4. The molecule has 2 aromatic carbocycles. The van der Waals surface area contributed by atoms with E-state index in [1.807, 2.05) is 55.1 Å². The van der Waals surface area contributed by atoms with Crippen molar-refractivity contribution in [2.45, 2.75) is 13.3 Å². The van der Waals surface area contributed by atoms with Crippen LogP contribution in [0.1, 0.15) is 17.0 Å². The monoisotopic (exact) mass is 314 g/mol. The maximum absolute atomic E-state index is 4.88. The molecule has 118 valence electrons. The van der Waals surface area contributed by atoms with Crippen molar-refractivity contribution in [2.75, 3.05) is 0 Å². The first kappa shape index (κ1) is 14.6. The lowest BCUT2D eigenvalue weighted by molar-refractivity contribution is 0.773. The van der Waals surface area contributed by atoms with Crippen molar-refractivity contribution in [3.05, 3.63) is 77.6 Å². The molecule has 4 rings (SSSR count). The fourth-order valence-electron chi connectivity index (χ4n) is 3.05. The summed E-state index contributed by atoms with van der Waals surface area (Å²) in [5.41, 5.74) is 5.13. The summed E-state index contributed by atoms with van der Waals surface area (Å²) in [4.78, 5) is 9.63. The first-order valence-electron chi connectivity index (χ1n) is 8.02. The highest BCUT2D eigenvalue weighted by Gasteiger charge is 2.16. The van der Waals surface area contributed by atoms with E-state index in [1.165, 1.54) is 5.56 Å². The molecular formula is C20H18N4. The number of hydrogen-bond donors (Lipinski definition) is 0. The minimum absolute atomic E-state index is 0.747. The van der Waals surface area contributed by atoms with Gasteiger partial charge in [-0.1, -0.05) is 60.7 Å². The Balaban J connectivity index is 1.93. The smallest absolute Gasteiger partial charge is 0.162 e. The van der Waals surface area contributed by atoms with Crippen LogP contribution in [0.15, 0.2) is 60.7 Å². The molecule has 0 fully saturated rings. The van der Waals surface area contributed by atoms with E-state index in [0.29, 0.717) is 0 Å². The van der Waals surface area contributed by atoms with E-state index in [9.17, 15) is 0 Å². The standard InChI is InChI=1S/C20H18N4/c1-14-18-17(13-15-9-5-3-6-10-15)21-19(16-11-7-4-8-12-16)22-20(18)24(2)23-14/h3-12H,13H2,1-2H3. The van der Waals surface area contributed by atoms with Crippen molar-refractivity contribution < 1.29 is 0 Å². The summed E-state index contributed by atoms with van der Waals surface area (Å²) in [6.45, 7) is 2.02. The van der Waals surface area contributed by atoms with Gasteiger partial charge in [-0.3, -0.25) is 4.68 Å². The Bertz CT molecular complexity index is 989. The van der Waals surface area contributed by atoms with Gasteiger partial charge in [0.15, 0.2) is 11.5 Å². The van der Waals surface area contributed by atoms with Gasteiger partial charge < -0.3 is 0 Å². The lowest BCUT2D eigenvalue weighted by Gasteiger charge is -2.07. The molecule has 0 aliphatic rings. The molecule has 0 saturated carbocycles. The highest BCUT2D eigenvalue weighted by molar-refractivity contribution is 5.83. The molecule has 0 amide bonds. The fraction of sp³-hybridized carbons (Fsp3) is 0.150. The average Bonchev–Trinajstić information content (AvgIpc) is 2.91. The number of rotatable bonds is 3. The van der Waals surface area contributed by atoms with Gasteiger partial charge in [0.1, 0.15) is 0 Å². The molecule has 0 atom stereocenters. The molecule has 0 spiro atoms. The highest BCUT2D eigenvalue weighted by atomic mass is 15.3. The fourth-order valence-corrected chi connectivity index (χ4v) is 3.05. The molecule has 4 nitrogen and oxygen atoms in total. The van der Waals surface area contributed by atoms with E-state index in [2.05, 4.69) is 29.4 Å². The normalized spacial score (nSPS) is 11.1. The first-order valence-corrected chi connectivity index (χ1v) is 8.02. The first-order chi connectivity index (χ1) is 11.7. The van der Waals surface area contributed by atoms with Crippen LogP contribution in [0, 0.1) is 6.92 Å². The molecule has 2 heterocycles. The summed E-state index contributed by atoms with van der Waals surface area (Å²) in [5.74, 6) is 0.747. The van der Waals surface area contributed by atoms with Gasteiger partial charge in [0.05, 0.1) is 16.8 Å². The van der Waals surface area contributed by atoms with Crippen molar-refractivity contribution in [1.82, 2.24) is 19.7 Å². The number of fused-ring (bicyclic) bond motifs is 1. The van der Waals surface area contributed by atoms with Crippen LogP contribution in [0.5, 0.6) is 0 Å². The van der Waals surface area contributed by atoms with E-state index in [1.54, 1.807) is 0 Å². The lowest BCUT2D eigenvalue weighted by Crippen LogP contribution is -2.01. The lowest BCUT2D eigenvalue weighted by atomic mass is 10.1. The van der Waals surface area contributed by atoms with E-state index in [0.717, 1.165) is 40.2 Å². The Hall–Kier alpha value is -3.01. The molecule has 0 bridgehead atoms. The van der Waals surface area contributed by atoms with Gasteiger partial charge in [-0.15, -0.1) is 0 Å². The van der Waals surface area contributed by atoms with E-state index in [4.69, 9.17) is 9.97 Å². The Morgan fingerprint density at radius 1 is 0.875 bits per heavy atom. The summed E-state index contributed by atoms with van der Waals surface area (Å²) in [6.07, 6.45) is 0.770. The predicted octanol–water partition coefficient (Wildman–Crippen LogP) is 3.93. The van der Waals surface area contributed by atoms with Crippen LogP contribution in [-0.2, 0) is 13.5 Å². The quantitative estimate of drug-likeness (QED) is 0.575. The van der Waals surface area contributed by atoms with Gasteiger partial charge in [0.2, 0.25) is 0 Å². The minimum atomic E-state index is 0.747. The van der Waals surface area contributed by atoms with Gasteiger partial charge in [-0.25, -0.2) is 9.97 Å². The van der Waals surface area contributed by atoms with Gasteiger partial charge in [-0.2, -0.15) is 5.10 Å². The van der Waals surface area contributed by atoms with Gasteiger partial charge in [-0.05, 0) is 12.5 Å². The molecule has 0 saturated heterocycles. The predicted molar refractivity (Wildman–Crippen MR) is 95.7 cm³/mol. The van der Waals surface area contributed by atoms with Crippen molar-refractivity contribution in [2.24, 2.45) is 7.05 Å². The van der Waals surface area contributed by atoms with Gasteiger partial charge in [0, 0.05) is 19.0 Å². The third kappa shape index (κ3) is 2.56. The second-order valence-electron chi connectivity index (χ2n) is 5.93. The summed E-state index contributed by atoms with van der Waals surface area (Å²) in [5, 5.41) is 5.60. The molecular weight excluding hydrogens is 296 g/mol. The Labute approximate surface area is 140 Å². The van der Waals surface area contributed by atoms with E-state index >= 15 is 0 Å². The zero-order valence-corrected chi connectivity index (χ0v) is 13.8. The molecule has 0 N–H and O–H groups in total. The Morgan fingerprint density at radius 3 is 2.25 bits per heavy atom. The van der Waals surface area contributed by atoms with Gasteiger partial charge >= 0.3 is 0 Å². The maximum atomic E-state index is 4.88. The second-order valence-corrected chi connectivity index (χ2v) is 5.93. The third-order valence-corrected chi connectivity index (χ3v) is 4.18. The molecule has 0 radical (unpaired) electrons. The summed E-state index contributed by atoms with van der Waals surface area (Å²) >= 11 is 0. The second kappa shape index (κ2) is 5.89. The van der Waals surface area contributed by atoms with Crippen LogP contribution >= 0.6 is 0 Å². The molecule has 4 heteroatoms. The van der Waals surface area contributed by atoms with Crippen molar-refractivity contribution in [3.8, 4) is 11.4 Å². The summed E-state index contributed by atoms with van der Waals surface area (Å²) < 4.78 is 1.84. The Morgan fingerprint density at radius 2 is 1.54 bits per heavy atom. The van der Waals surface area contributed by atoms with E-state index in [-0.39, 0.29) is 0 Å². The topological polar surface area (TPSA) is 43.6 Å². The molecule has 0 aliphatic heterocycles. The highest BCUT2D eigenvalue weighted by Crippen LogP contribution is 2.25.